The van der Waals surface area contributed by atoms with Crippen molar-refractivity contribution in [2.45, 2.75) is 99.1 Å². The van der Waals surface area contributed by atoms with E-state index in [0.717, 1.165) is 54.0 Å². The summed E-state index contributed by atoms with van der Waals surface area (Å²) in [5.74, 6) is -7.68. The number of aliphatic hydroxyl groups is 5. The van der Waals surface area contributed by atoms with Crippen LogP contribution in [0.3, 0.4) is 0 Å². The number of aromatic nitrogens is 2. The summed E-state index contributed by atoms with van der Waals surface area (Å²) in [4.78, 5) is 37.3. The minimum atomic E-state index is -3.11. The highest BCUT2D eigenvalue weighted by molar-refractivity contribution is 6.13. The van der Waals surface area contributed by atoms with Crippen LogP contribution in [0.15, 0.2) is 85.2 Å². The van der Waals surface area contributed by atoms with Gasteiger partial charge in [0.15, 0.2) is 23.1 Å². The Labute approximate surface area is 345 Å². The Morgan fingerprint density at radius 3 is 2.45 bits per heavy atom. The molecule has 0 spiro atoms. The van der Waals surface area contributed by atoms with Crippen LogP contribution in [0, 0.1) is 5.92 Å². The van der Waals surface area contributed by atoms with Crippen molar-refractivity contribution in [3.8, 4) is 17.2 Å². The zero-order valence-electron chi connectivity index (χ0n) is 32.9. The summed E-state index contributed by atoms with van der Waals surface area (Å²) < 4.78 is 11.0. The molecule has 15 heteroatoms. The number of carbonyl (C=O) groups excluding carboxylic acids is 1. The minimum absolute atomic E-state index is 0.0316. The maximum atomic E-state index is 14.8. The number of amides is 1. The number of hydrogen-bond acceptors (Lipinski definition) is 12. The van der Waals surface area contributed by atoms with E-state index in [4.69, 9.17) is 9.47 Å². The summed E-state index contributed by atoms with van der Waals surface area (Å²) in [6.45, 7) is 1.09. The Balaban J connectivity index is 1.24. The van der Waals surface area contributed by atoms with Crippen LogP contribution in [-0.4, -0.2) is 105 Å². The highest BCUT2D eigenvalue weighted by Crippen LogP contribution is 2.64. The molecule has 8 unspecified atom stereocenters. The van der Waals surface area contributed by atoms with Gasteiger partial charge in [0.1, 0.15) is 24.1 Å². The molecule has 0 radical (unpaired) electrons. The number of benzene rings is 3. The van der Waals surface area contributed by atoms with Crippen molar-refractivity contribution < 1.29 is 59.9 Å². The number of phenolic OH excluding ortho intramolecular Hbond substituents is 2. The summed E-state index contributed by atoms with van der Waals surface area (Å²) in [6.07, 6.45) is 5.34. The van der Waals surface area contributed by atoms with E-state index < -0.39 is 83.2 Å². The number of aromatic hydroxyl groups is 2. The van der Waals surface area contributed by atoms with Crippen molar-refractivity contribution in [3.63, 3.8) is 0 Å². The van der Waals surface area contributed by atoms with E-state index in [0.29, 0.717) is 29.5 Å². The van der Waals surface area contributed by atoms with Crippen LogP contribution in [0.4, 0.5) is 5.69 Å². The molecule has 1 aromatic heterocycles. The first kappa shape index (κ1) is 41.2. The van der Waals surface area contributed by atoms with Crippen LogP contribution < -0.4 is 9.64 Å². The third-order valence-electron chi connectivity index (χ3n) is 13.0. The summed E-state index contributed by atoms with van der Waals surface area (Å²) in [7, 11) is 0. The number of hydrogen-bond donors (Lipinski definition) is 9. The Hall–Kier alpha value is -5.55. The first-order valence-corrected chi connectivity index (χ1v) is 20.2. The number of carbonyl (C=O) groups is 2. The number of aromatic amines is 1. The second-order valence-corrected chi connectivity index (χ2v) is 16.2. The molecular weight excluding hydrogens is 775 g/mol. The summed E-state index contributed by atoms with van der Waals surface area (Å²) >= 11 is 0. The van der Waals surface area contributed by atoms with E-state index >= 15 is 0 Å². The Bertz CT molecular complexity index is 2320. The number of allylic oxidation sites excluding steroid dienone is 1. The van der Waals surface area contributed by atoms with Gasteiger partial charge in [-0.25, -0.2) is 9.78 Å². The lowest BCUT2D eigenvalue weighted by Gasteiger charge is -2.46. The van der Waals surface area contributed by atoms with Crippen molar-refractivity contribution in [2.75, 3.05) is 11.5 Å². The minimum Gasteiger partial charge on any atom is -0.508 e. The molecule has 60 heavy (non-hydrogen) atoms. The molecule has 4 aromatic rings. The van der Waals surface area contributed by atoms with Crippen LogP contribution in [-0.2, 0) is 32.6 Å². The zero-order valence-corrected chi connectivity index (χ0v) is 32.9. The average Bonchev–Trinajstić information content (AvgIpc) is 3.95. The van der Waals surface area contributed by atoms with Gasteiger partial charge in [-0.3, -0.25) is 9.69 Å². The zero-order chi connectivity index (χ0) is 42.6. The number of ether oxygens (including phenoxy) is 2. The SMILES string of the molecule is CCc1nc[nH]c1Cc1cc(C=CC(=O)N2c3cc(OC4(O)OC(CO)C(O)C(O)C4O)c(O)cc3C3C(C4(c5ccccc5)CCCCC4)C=CC32C(=O)O)ccc1O. The van der Waals surface area contributed by atoms with Crippen LogP contribution in [0.1, 0.15) is 78.6 Å². The van der Waals surface area contributed by atoms with Crippen molar-refractivity contribution in [1.29, 1.82) is 0 Å². The molecule has 1 saturated carbocycles. The van der Waals surface area contributed by atoms with Crippen LogP contribution in [0.2, 0.25) is 0 Å². The van der Waals surface area contributed by atoms with Crippen molar-refractivity contribution in [1.82, 2.24) is 9.97 Å². The predicted molar refractivity (Wildman–Crippen MR) is 216 cm³/mol. The standard InChI is InChI=1S/C45H49N3O12/c1-2-30-31(47-24-46-30)20-26-19-25(11-13-33(26)50)12-14-37(52)48-32-22-35(59-45(58)41(55)40(54)39(53)36(23-49)60-45)34(51)21-28(32)38-29(15-18-44(38,48)42(56)57)43(16-7-4-8-17-43)27-9-5-3-6-10-27/h3,5-6,9-15,18-19,21-22,24,29,36,38-41,49-51,53-55,58H,2,4,7-8,16-17,20,23H2,1H3,(H,46,47)(H,56,57). The molecule has 316 valence electrons. The number of aryl methyl sites for hydroxylation is 1. The number of carboxylic acid groups (broad SMARTS) is 1. The highest BCUT2D eigenvalue weighted by Gasteiger charge is 2.66. The number of nitrogens with one attached hydrogen (secondary N) is 1. The Morgan fingerprint density at radius 2 is 1.75 bits per heavy atom. The van der Waals surface area contributed by atoms with Gasteiger partial charge >= 0.3 is 11.9 Å². The monoisotopic (exact) mass is 823 g/mol. The smallest absolute Gasteiger partial charge is 0.355 e. The van der Waals surface area contributed by atoms with Crippen LogP contribution in [0.25, 0.3) is 6.08 Å². The van der Waals surface area contributed by atoms with E-state index in [-0.39, 0.29) is 11.4 Å². The molecule has 15 nitrogen and oxygen atoms in total. The molecule has 0 bridgehead atoms. The molecule has 1 amide bonds. The molecule has 2 fully saturated rings. The third kappa shape index (κ3) is 6.65. The Morgan fingerprint density at radius 1 is 1.00 bits per heavy atom. The number of imidazole rings is 1. The quantitative estimate of drug-likeness (QED) is 0.0598. The second kappa shape index (κ2) is 15.8. The van der Waals surface area contributed by atoms with Gasteiger partial charge in [-0.05, 0) is 66.1 Å². The lowest BCUT2D eigenvalue weighted by Crippen LogP contribution is -2.67. The van der Waals surface area contributed by atoms with Gasteiger partial charge in [0.25, 0.3) is 5.91 Å². The molecule has 3 aromatic carbocycles. The van der Waals surface area contributed by atoms with Gasteiger partial charge in [0.05, 0.1) is 24.3 Å². The molecular formula is C45H49N3O12. The molecule has 8 atom stereocenters. The number of rotatable bonds is 11. The summed E-state index contributed by atoms with van der Waals surface area (Å²) in [6, 6.07) is 17.2. The molecule has 9 N–H and O–H groups in total. The van der Waals surface area contributed by atoms with E-state index in [9.17, 15) is 50.4 Å². The topological polar surface area (TPSA) is 246 Å². The van der Waals surface area contributed by atoms with Gasteiger partial charge in [0, 0.05) is 41.2 Å². The highest BCUT2D eigenvalue weighted by atomic mass is 16.8. The largest absolute Gasteiger partial charge is 0.508 e. The first-order valence-electron chi connectivity index (χ1n) is 20.2. The van der Waals surface area contributed by atoms with Crippen molar-refractivity contribution in [3.05, 3.63) is 119 Å². The second-order valence-electron chi connectivity index (χ2n) is 16.2. The number of phenols is 2. The van der Waals surface area contributed by atoms with E-state index in [1.165, 1.54) is 30.4 Å². The van der Waals surface area contributed by atoms with E-state index in [2.05, 4.69) is 9.97 Å². The first-order chi connectivity index (χ1) is 28.8. The molecule has 3 heterocycles. The maximum Gasteiger partial charge on any atom is 0.355 e. The lowest BCUT2D eigenvalue weighted by atomic mass is 9.57. The molecule has 4 aliphatic rings. The summed E-state index contributed by atoms with van der Waals surface area (Å²) in [5.41, 5.74) is 1.64. The summed E-state index contributed by atoms with van der Waals surface area (Å²) in [5, 5.41) is 86.4. The van der Waals surface area contributed by atoms with Crippen molar-refractivity contribution in [2.24, 2.45) is 5.92 Å². The molecule has 8 rings (SSSR count). The fraction of sp³-hybridized carbons (Fsp3) is 0.400. The molecule has 2 aliphatic carbocycles. The fourth-order valence-corrected chi connectivity index (χ4v) is 10.0. The van der Waals surface area contributed by atoms with Gasteiger partial charge < -0.3 is 55.3 Å². The third-order valence-corrected chi connectivity index (χ3v) is 13.0. The van der Waals surface area contributed by atoms with Gasteiger partial charge in [-0.1, -0.05) is 74.7 Å². The average molecular weight is 824 g/mol. The number of aliphatic hydroxyl groups excluding tert-OH is 4. The number of H-pyrrole nitrogens is 1. The number of nitrogens with zero attached hydrogens (tertiary/aromatic N) is 2. The van der Waals surface area contributed by atoms with Crippen LogP contribution >= 0.6 is 0 Å². The number of anilines is 1. The Kier molecular flexibility index (Phi) is 10.9. The lowest BCUT2D eigenvalue weighted by molar-refractivity contribution is -0.422. The molecule has 2 aliphatic heterocycles. The van der Waals surface area contributed by atoms with Gasteiger partial charge in [0.2, 0.25) is 0 Å². The number of fused-ring (bicyclic) bond motifs is 3. The number of aliphatic carboxylic acids is 1. The maximum absolute atomic E-state index is 14.8. The van der Waals surface area contributed by atoms with Crippen molar-refractivity contribution >= 4 is 23.6 Å². The normalized spacial score (nSPS) is 29.4. The van der Waals surface area contributed by atoms with E-state index in [1.54, 1.807) is 24.5 Å². The van der Waals surface area contributed by atoms with E-state index in [1.807, 2.05) is 43.3 Å². The predicted octanol–water partition coefficient (Wildman–Crippen LogP) is 3.53. The van der Waals surface area contributed by atoms with Gasteiger partial charge in [-0.2, -0.15) is 0 Å². The molecule has 1 saturated heterocycles. The van der Waals surface area contributed by atoms with Crippen LogP contribution in [0.5, 0.6) is 17.2 Å². The van der Waals surface area contributed by atoms with Gasteiger partial charge in [-0.15, -0.1) is 0 Å². The fourth-order valence-electron chi connectivity index (χ4n) is 10.0. The number of carboxylic acids is 1.